The number of hydrogen-bond acceptors (Lipinski definition) is 2. The third kappa shape index (κ3) is 3.13. The van der Waals surface area contributed by atoms with Crippen LogP contribution in [0.5, 0.6) is 0 Å². The molecule has 100 valence electrons. The number of hydrogen-bond donors (Lipinski definition) is 1. The Kier molecular flexibility index (Phi) is 4.81. The maximum Gasteiger partial charge on any atom is 0.253 e. The van der Waals surface area contributed by atoms with Gasteiger partial charge in [0.15, 0.2) is 0 Å². The summed E-state index contributed by atoms with van der Waals surface area (Å²) in [5, 5.41) is 2.93. The van der Waals surface area contributed by atoms with Crippen LogP contribution >= 0.6 is 46.1 Å². The molecule has 1 amide bonds. The zero-order chi connectivity index (χ0) is 13.2. The molecule has 2 nitrogen and oxygen atoms in total. The molecule has 1 aromatic heterocycles. The summed E-state index contributed by atoms with van der Waals surface area (Å²) in [5.74, 6) is 0.422. The normalized spacial score (nSPS) is 17.9. The number of carbonyl (C=O) groups excluding carboxylic acids is 1. The van der Waals surface area contributed by atoms with Gasteiger partial charge < -0.3 is 5.32 Å². The molecule has 18 heavy (non-hydrogen) atoms. The minimum atomic E-state index is -0.167. The molecule has 1 aliphatic carbocycles. The Labute approximate surface area is 126 Å². The van der Waals surface area contributed by atoms with Crippen molar-refractivity contribution in [2.75, 3.05) is 12.4 Å². The zero-order valence-corrected chi connectivity index (χ0v) is 12.9. The van der Waals surface area contributed by atoms with Crippen molar-refractivity contribution in [2.45, 2.75) is 25.7 Å². The van der Waals surface area contributed by atoms with E-state index >= 15 is 0 Å². The average molecular weight is 327 g/mol. The predicted octanol–water partition coefficient (Wildman–Crippen LogP) is 4.58. The molecule has 1 heterocycles. The minimum absolute atomic E-state index is 0.0590. The number of alkyl halides is 1. The van der Waals surface area contributed by atoms with E-state index < -0.39 is 0 Å². The fraction of sp³-hybridized carbons (Fsp3) is 0.583. The van der Waals surface area contributed by atoms with E-state index in [0.717, 1.165) is 12.8 Å². The Balaban J connectivity index is 1.98. The van der Waals surface area contributed by atoms with Gasteiger partial charge in [0.2, 0.25) is 0 Å². The Morgan fingerprint density at radius 1 is 1.39 bits per heavy atom. The summed E-state index contributed by atoms with van der Waals surface area (Å²) >= 11 is 19.0. The molecule has 0 bridgehead atoms. The molecule has 0 unspecified atom stereocenters. The molecule has 0 aromatic carbocycles. The molecule has 1 fully saturated rings. The second-order valence-electron chi connectivity index (χ2n) is 4.76. The molecule has 0 atom stereocenters. The quantitative estimate of drug-likeness (QED) is 0.806. The Hall–Kier alpha value is 0.0400. The summed E-state index contributed by atoms with van der Waals surface area (Å²) in [6, 6.07) is 1.60. The Morgan fingerprint density at radius 3 is 2.56 bits per heavy atom. The van der Waals surface area contributed by atoms with Crippen LogP contribution in [-0.4, -0.2) is 18.3 Å². The number of amides is 1. The van der Waals surface area contributed by atoms with Gasteiger partial charge in [-0.1, -0.05) is 36.0 Å². The Bertz CT molecular complexity index is 441. The van der Waals surface area contributed by atoms with E-state index in [1.165, 1.54) is 24.2 Å². The van der Waals surface area contributed by atoms with Crippen LogP contribution in [0.4, 0.5) is 0 Å². The largest absolute Gasteiger partial charge is 0.351 e. The maximum absolute atomic E-state index is 12.0. The number of carbonyl (C=O) groups is 1. The van der Waals surface area contributed by atoms with Crippen molar-refractivity contribution in [1.82, 2.24) is 5.32 Å². The van der Waals surface area contributed by atoms with Crippen molar-refractivity contribution < 1.29 is 4.79 Å². The lowest BCUT2D eigenvalue weighted by atomic mass is 9.88. The van der Waals surface area contributed by atoms with Crippen molar-refractivity contribution in [1.29, 1.82) is 0 Å². The van der Waals surface area contributed by atoms with Crippen molar-refractivity contribution in [3.63, 3.8) is 0 Å². The third-order valence-corrected chi connectivity index (χ3v) is 5.53. The Morgan fingerprint density at radius 2 is 2.06 bits per heavy atom. The zero-order valence-electron chi connectivity index (χ0n) is 9.77. The van der Waals surface area contributed by atoms with E-state index in [9.17, 15) is 4.79 Å². The fourth-order valence-electron chi connectivity index (χ4n) is 2.34. The molecule has 0 saturated heterocycles. The number of rotatable bonds is 4. The summed E-state index contributed by atoms with van der Waals surface area (Å²) in [7, 11) is 0. The van der Waals surface area contributed by atoms with Gasteiger partial charge in [-0.05, 0) is 18.9 Å². The van der Waals surface area contributed by atoms with Crippen LogP contribution in [0.2, 0.25) is 8.67 Å². The van der Waals surface area contributed by atoms with Crippen LogP contribution in [0.15, 0.2) is 6.07 Å². The lowest BCUT2D eigenvalue weighted by Crippen LogP contribution is -2.37. The second kappa shape index (κ2) is 6.00. The standard InChI is InChI=1S/C12H14Cl3NOS/c13-6-12(3-1-2-4-12)7-16-11(17)8-5-9(14)18-10(8)15/h5H,1-4,6-7H2,(H,16,17). The third-order valence-electron chi connectivity index (χ3n) is 3.47. The number of halogens is 3. The SMILES string of the molecule is O=C(NCC1(CCl)CCCC1)c1cc(Cl)sc1Cl. The molecule has 1 aliphatic rings. The maximum atomic E-state index is 12.0. The lowest BCUT2D eigenvalue weighted by molar-refractivity contribution is 0.0935. The summed E-state index contributed by atoms with van der Waals surface area (Å²) in [4.78, 5) is 12.0. The van der Waals surface area contributed by atoms with Gasteiger partial charge in [-0.3, -0.25) is 4.79 Å². The van der Waals surface area contributed by atoms with E-state index in [1.54, 1.807) is 6.07 Å². The second-order valence-corrected chi connectivity index (χ2v) is 7.31. The monoisotopic (exact) mass is 325 g/mol. The molecular formula is C12H14Cl3NOS. The van der Waals surface area contributed by atoms with Crippen molar-refractivity contribution >= 4 is 52.0 Å². The fourth-order valence-corrected chi connectivity index (χ4v) is 4.16. The topological polar surface area (TPSA) is 29.1 Å². The first-order chi connectivity index (χ1) is 8.56. The van der Waals surface area contributed by atoms with E-state index in [4.69, 9.17) is 34.8 Å². The van der Waals surface area contributed by atoms with E-state index in [1.807, 2.05) is 0 Å². The van der Waals surface area contributed by atoms with Crippen molar-refractivity contribution in [2.24, 2.45) is 5.41 Å². The van der Waals surface area contributed by atoms with E-state index in [2.05, 4.69) is 5.32 Å². The van der Waals surface area contributed by atoms with Gasteiger partial charge in [0.05, 0.1) is 9.90 Å². The molecule has 1 N–H and O–H groups in total. The highest BCUT2D eigenvalue weighted by atomic mass is 35.5. The van der Waals surface area contributed by atoms with Gasteiger partial charge in [0.25, 0.3) is 5.91 Å². The summed E-state index contributed by atoms with van der Waals surface area (Å²) in [6.45, 7) is 0.610. The highest BCUT2D eigenvalue weighted by Crippen LogP contribution is 2.38. The summed E-state index contributed by atoms with van der Waals surface area (Å²) in [5.41, 5.74) is 0.512. The van der Waals surface area contributed by atoms with Crippen LogP contribution in [0.1, 0.15) is 36.0 Å². The van der Waals surface area contributed by atoms with Crippen molar-refractivity contribution in [3.8, 4) is 0 Å². The van der Waals surface area contributed by atoms with E-state index in [0.29, 0.717) is 26.7 Å². The van der Waals surface area contributed by atoms with Crippen LogP contribution in [0.3, 0.4) is 0 Å². The molecule has 1 aromatic rings. The molecule has 6 heteroatoms. The lowest BCUT2D eigenvalue weighted by Gasteiger charge is -2.26. The van der Waals surface area contributed by atoms with Gasteiger partial charge in [0, 0.05) is 17.8 Å². The van der Waals surface area contributed by atoms with Crippen LogP contribution < -0.4 is 5.32 Å². The van der Waals surface area contributed by atoms with Crippen molar-refractivity contribution in [3.05, 3.63) is 20.3 Å². The summed E-state index contributed by atoms with van der Waals surface area (Å²) in [6.07, 6.45) is 4.53. The number of nitrogens with one attached hydrogen (secondary N) is 1. The van der Waals surface area contributed by atoms with E-state index in [-0.39, 0.29) is 11.3 Å². The molecule has 0 aliphatic heterocycles. The first-order valence-corrected chi connectivity index (χ1v) is 7.96. The van der Waals surface area contributed by atoms with Gasteiger partial charge in [-0.15, -0.1) is 22.9 Å². The first-order valence-electron chi connectivity index (χ1n) is 5.85. The summed E-state index contributed by atoms with van der Waals surface area (Å²) < 4.78 is 0.960. The predicted molar refractivity (Wildman–Crippen MR) is 78.3 cm³/mol. The smallest absolute Gasteiger partial charge is 0.253 e. The minimum Gasteiger partial charge on any atom is -0.351 e. The molecule has 0 spiro atoms. The van der Waals surface area contributed by atoms with Gasteiger partial charge in [0.1, 0.15) is 4.34 Å². The molecule has 2 rings (SSSR count). The van der Waals surface area contributed by atoms with Crippen LogP contribution in [-0.2, 0) is 0 Å². The highest BCUT2D eigenvalue weighted by molar-refractivity contribution is 7.20. The van der Waals surface area contributed by atoms with Crippen LogP contribution in [0, 0.1) is 5.41 Å². The molecule has 0 radical (unpaired) electrons. The van der Waals surface area contributed by atoms with Gasteiger partial charge >= 0.3 is 0 Å². The van der Waals surface area contributed by atoms with Crippen LogP contribution in [0.25, 0.3) is 0 Å². The number of thiophene rings is 1. The van der Waals surface area contributed by atoms with Gasteiger partial charge in [-0.2, -0.15) is 0 Å². The molecular weight excluding hydrogens is 313 g/mol. The highest BCUT2D eigenvalue weighted by Gasteiger charge is 2.33. The molecule has 1 saturated carbocycles. The first kappa shape index (κ1) is 14.4. The average Bonchev–Trinajstić information content (AvgIpc) is 2.94. The van der Waals surface area contributed by atoms with Gasteiger partial charge in [-0.25, -0.2) is 0 Å².